The molecule has 126 valence electrons. The van der Waals surface area contributed by atoms with Crippen molar-refractivity contribution in [3.05, 3.63) is 47.7 Å². The molecule has 0 radical (unpaired) electrons. The highest BCUT2D eigenvalue weighted by Crippen LogP contribution is 2.33. The van der Waals surface area contributed by atoms with Crippen LogP contribution in [0.25, 0.3) is 22.3 Å². The van der Waals surface area contributed by atoms with Crippen molar-refractivity contribution < 1.29 is 9.15 Å². The normalized spacial score (nSPS) is 11.3. The van der Waals surface area contributed by atoms with Gasteiger partial charge in [-0.15, -0.1) is 0 Å². The van der Waals surface area contributed by atoms with Gasteiger partial charge in [0.1, 0.15) is 14.9 Å². The number of benzene rings is 2. The fraction of sp³-hybridized carbons (Fsp3) is 0.316. The molecule has 3 nitrogen and oxygen atoms in total. The third-order valence-corrected chi connectivity index (χ3v) is 5.72. The number of ether oxygens (including phenoxy) is 1. The molecule has 0 spiro atoms. The van der Waals surface area contributed by atoms with E-state index in [0.29, 0.717) is 12.9 Å². The Labute approximate surface area is 168 Å². The lowest BCUT2D eigenvalue weighted by Gasteiger charge is -2.11. The van der Waals surface area contributed by atoms with Gasteiger partial charge in [-0.3, -0.25) is 4.79 Å². The fourth-order valence-corrected chi connectivity index (χ4v) is 4.45. The molecule has 0 aromatic heterocycles. The van der Waals surface area contributed by atoms with Gasteiger partial charge in [0.2, 0.25) is 5.43 Å². The van der Waals surface area contributed by atoms with Gasteiger partial charge in [-0.05, 0) is 75.9 Å². The molecule has 0 fully saturated rings. The predicted molar refractivity (Wildman–Crippen MR) is 114 cm³/mol. The molecule has 0 unspecified atom stereocenters. The van der Waals surface area contributed by atoms with Crippen LogP contribution in [0.4, 0.5) is 0 Å². The Kier molecular flexibility index (Phi) is 6.02. The number of hydrogen-bond donors (Lipinski definition) is 0. The van der Waals surface area contributed by atoms with Crippen LogP contribution in [-0.2, 0) is 0 Å². The second-order valence-electron chi connectivity index (χ2n) is 5.78. The topological polar surface area (TPSA) is 39.4 Å². The first-order chi connectivity index (χ1) is 11.6. The van der Waals surface area contributed by atoms with Gasteiger partial charge in [-0.1, -0.05) is 26.2 Å². The second-order valence-corrected chi connectivity index (χ2v) is 8.02. The van der Waals surface area contributed by atoms with Crippen molar-refractivity contribution in [2.75, 3.05) is 6.61 Å². The van der Waals surface area contributed by atoms with Crippen LogP contribution in [0.15, 0.2) is 39.5 Å². The molecular formula is C19H18I2O3. The number of hydrogen-bond acceptors (Lipinski definition) is 3. The molecule has 1 aliphatic carbocycles. The Hall–Kier alpha value is -0.830. The van der Waals surface area contributed by atoms with Crippen molar-refractivity contribution in [2.24, 2.45) is 0 Å². The number of rotatable bonds is 6. The monoisotopic (exact) mass is 548 g/mol. The van der Waals surface area contributed by atoms with E-state index in [2.05, 4.69) is 58.2 Å². The molecular weight excluding hydrogens is 530 g/mol. The largest absolute Gasteiger partial charge is 0.493 e. The van der Waals surface area contributed by atoms with E-state index in [4.69, 9.17) is 9.15 Å². The van der Waals surface area contributed by atoms with Gasteiger partial charge in [0.15, 0.2) is 5.76 Å². The van der Waals surface area contributed by atoms with Crippen LogP contribution in [0.5, 0.6) is 5.75 Å². The molecule has 2 aliphatic rings. The number of fused-ring (bicyclic) bond motifs is 2. The number of halogens is 2. The summed E-state index contributed by atoms with van der Waals surface area (Å²) in [6, 6.07) is 9.82. The molecule has 0 amide bonds. The van der Waals surface area contributed by atoms with Crippen LogP contribution in [0.3, 0.4) is 0 Å². The standard InChI is InChI=1S/C19H18I2O3/c1-2-3-4-5-8-23-14-7-6-12-9-13-10-15(20)18(22)17(21)19(13)24-16(12)11-14/h6-7,9-11H,2-5,8H2,1H3. The molecule has 0 saturated carbocycles. The lowest BCUT2D eigenvalue weighted by molar-refractivity contribution is 0.305. The zero-order valence-corrected chi connectivity index (χ0v) is 17.7. The maximum atomic E-state index is 12.1. The Bertz CT molecular complexity index is 886. The molecule has 1 aromatic carbocycles. The van der Waals surface area contributed by atoms with E-state index in [-0.39, 0.29) is 5.43 Å². The molecule has 1 aliphatic heterocycles. The van der Waals surface area contributed by atoms with Crippen LogP contribution in [0.1, 0.15) is 32.6 Å². The summed E-state index contributed by atoms with van der Waals surface area (Å²) in [5.74, 6) is 1.46. The van der Waals surface area contributed by atoms with Crippen molar-refractivity contribution in [3.63, 3.8) is 0 Å². The maximum absolute atomic E-state index is 12.1. The zero-order valence-electron chi connectivity index (χ0n) is 13.4. The third-order valence-electron chi connectivity index (χ3n) is 3.93. The minimum absolute atomic E-state index is 0.0233. The zero-order chi connectivity index (χ0) is 17.1. The summed E-state index contributed by atoms with van der Waals surface area (Å²) in [5.41, 5.74) is 1.71. The van der Waals surface area contributed by atoms with Gasteiger partial charge in [-0.25, -0.2) is 0 Å². The minimum Gasteiger partial charge on any atom is -0.493 e. The highest BCUT2D eigenvalue weighted by Gasteiger charge is 2.16. The summed E-state index contributed by atoms with van der Waals surface area (Å²) in [4.78, 5) is 12.1. The molecule has 0 bridgehead atoms. The van der Waals surface area contributed by atoms with Crippen LogP contribution in [0, 0.1) is 7.14 Å². The summed E-state index contributed by atoms with van der Waals surface area (Å²) in [7, 11) is 0. The van der Waals surface area contributed by atoms with E-state index in [1.165, 1.54) is 19.3 Å². The van der Waals surface area contributed by atoms with E-state index in [1.54, 1.807) is 0 Å². The van der Waals surface area contributed by atoms with E-state index >= 15 is 0 Å². The second kappa shape index (κ2) is 8.03. The van der Waals surface area contributed by atoms with Crippen molar-refractivity contribution in [1.82, 2.24) is 0 Å². The van der Waals surface area contributed by atoms with Crippen molar-refractivity contribution in [2.45, 2.75) is 32.6 Å². The van der Waals surface area contributed by atoms with Gasteiger partial charge in [0.25, 0.3) is 0 Å². The van der Waals surface area contributed by atoms with E-state index in [9.17, 15) is 4.79 Å². The molecule has 0 atom stereocenters. The SMILES string of the molecule is CCCCCCOc1ccc2cc3cc(I)c(=O)c(I)c-3oc2c1. The first-order valence-electron chi connectivity index (χ1n) is 8.08. The Morgan fingerprint density at radius 2 is 1.92 bits per heavy atom. The Morgan fingerprint density at radius 1 is 1.08 bits per heavy atom. The van der Waals surface area contributed by atoms with Crippen LogP contribution < -0.4 is 10.2 Å². The molecule has 3 rings (SSSR count). The van der Waals surface area contributed by atoms with Gasteiger partial charge >= 0.3 is 0 Å². The average Bonchev–Trinajstić information content (AvgIpc) is 2.58. The summed E-state index contributed by atoms with van der Waals surface area (Å²) in [6.45, 7) is 2.92. The molecule has 1 aromatic rings. The molecule has 24 heavy (non-hydrogen) atoms. The Morgan fingerprint density at radius 3 is 2.71 bits per heavy atom. The van der Waals surface area contributed by atoms with E-state index in [1.807, 2.05) is 24.3 Å². The summed E-state index contributed by atoms with van der Waals surface area (Å²) in [6.07, 6.45) is 4.73. The van der Waals surface area contributed by atoms with Gasteiger partial charge < -0.3 is 9.15 Å². The highest BCUT2D eigenvalue weighted by molar-refractivity contribution is 14.1. The first-order valence-corrected chi connectivity index (χ1v) is 10.2. The lowest BCUT2D eigenvalue weighted by atomic mass is 10.1. The average molecular weight is 548 g/mol. The minimum atomic E-state index is 0.0233. The lowest BCUT2D eigenvalue weighted by Crippen LogP contribution is -2.11. The fourth-order valence-electron chi connectivity index (χ4n) is 2.62. The summed E-state index contributed by atoms with van der Waals surface area (Å²) >= 11 is 4.14. The highest BCUT2D eigenvalue weighted by atomic mass is 127. The van der Waals surface area contributed by atoms with Crippen LogP contribution in [-0.4, -0.2) is 6.61 Å². The first kappa shape index (κ1) is 18.0. The Balaban J connectivity index is 1.91. The smallest absolute Gasteiger partial charge is 0.209 e. The number of unbranched alkanes of at least 4 members (excludes halogenated alkanes) is 3. The maximum Gasteiger partial charge on any atom is 0.209 e. The van der Waals surface area contributed by atoms with E-state index in [0.717, 1.165) is 35.3 Å². The third kappa shape index (κ3) is 3.87. The van der Waals surface area contributed by atoms with Gasteiger partial charge in [-0.2, -0.15) is 0 Å². The quantitative estimate of drug-likeness (QED) is 0.214. The van der Waals surface area contributed by atoms with E-state index < -0.39 is 0 Å². The molecule has 1 heterocycles. The van der Waals surface area contributed by atoms with Gasteiger partial charge in [0, 0.05) is 17.0 Å². The van der Waals surface area contributed by atoms with Crippen molar-refractivity contribution in [3.8, 4) is 17.1 Å². The van der Waals surface area contributed by atoms with Crippen LogP contribution in [0.2, 0.25) is 0 Å². The summed E-state index contributed by atoms with van der Waals surface area (Å²) < 4.78 is 13.2. The van der Waals surface area contributed by atoms with Crippen molar-refractivity contribution >= 4 is 56.2 Å². The molecule has 5 heteroatoms. The van der Waals surface area contributed by atoms with Crippen LogP contribution >= 0.6 is 45.2 Å². The summed E-state index contributed by atoms with van der Waals surface area (Å²) in [5, 5.41) is 1.01. The molecule has 0 saturated heterocycles. The predicted octanol–water partition coefficient (Wildman–Crippen LogP) is 6.07. The van der Waals surface area contributed by atoms with Gasteiger partial charge in [0.05, 0.1) is 10.2 Å². The molecule has 0 N–H and O–H groups in total. The van der Waals surface area contributed by atoms with Crippen molar-refractivity contribution in [1.29, 1.82) is 0 Å².